The Morgan fingerprint density at radius 3 is 2.70 bits per heavy atom. The normalized spacial score (nSPS) is 14.9. The summed E-state index contributed by atoms with van der Waals surface area (Å²) in [7, 11) is 4.06. The molecule has 1 aliphatic carbocycles. The Kier molecular flexibility index (Phi) is 6.57. The molecule has 6 nitrogen and oxygen atoms in total. The van der Waals surface area contributed by atoms with Crippen LogP contribution in [0.3, 0.4) is 0 Å². The third kappa shape index (κ3) is 4.74. The molecule has 3 aromatic heterocycles. The number of thiophene rings is 1. The summed E-state index contributed by atoms with van der Waals surface area (Å²) in [6, 6.07) is 10.3. The fourth-order valence-electron chi connectivity index (χ4n) is 4.26. The van der Waals surface area contributed by atoms with Gasteiger partial charge in [-0.05, 0) is 75.2 Å². The van der Waals surface area contributed by atoms with Crippen LogP contribution in [0.5, 0.6) is 0 Å². The molecule has 33 heavy (non-hydrogen) atoms. The Labute approximate surface area is 202 Å². The Morgan fingerprint density at radius 2 is 1.91 bits per heavy atom. The van der Waals surface area contributed by atoms with Crippen LogP contribution in [0, 0.1) is 0 Å². The van der Waals surface area contributed by atoms with Crippen LogP contribution in [-0.2, 0) is 12.8 Å². The second kappa shape index (κ2) is 9.75. The smallest absolute Gasteiger partial charge is 0.283 e. The summed E-state index contributed by atoms with van der Waals surface area (Å²) in [5.74, 6) is 1.35. The van der Waals surface area contributed by atoms with Crippen LogP contribution >= 0.6 is 23.1 Å². The number of hydrogen-bond acceptors (Lipinski definition) is 8. The summed E-state index contributed by atoms with van der Waals surface area (Å²) >= 11 is 3.26. The lowest BCUT2D eigenvalue weighted by Crippen LogP contribution is -2.19. The molecule has 1 unspecified atom stereocenters. The number of fused-ring (bicyclic) bond motifs is 3. The van der Waals surface area contributed by atoms with Crippen molar-refractivity contribution in [2.45, 2.75) is 55.3 Å². The lowest BCUT2D eigenvalue weighted by Gasteiger charge is -2.18. The number of aryl methyl sites for hydroxylation is 2. The molecule has 0 amide bonds. The zero-order valence-electron chi connectivity index (χ0n) is 19.1. The molecule has 0 radical (unpaired) electrons. The highest BCUT2D eigenvalue weighted by atomic mass is 32.2. The number of benzene rings is 1. The SMILES string of the molecule is CCC(c1nnc(Sc2nc(/C=C/c3ccccc3)nc3sc4c(c23)CCCC4)o1)N(C)C. The predicted molar refractivity (Wildman–Crippen MR) is 135 cm³/mol. The van der Waals surface area contributed by atoms with E-state index >= 15 is 0 Å². The van der Waals surface area contributed by atoms with Gasteiger partial charge in [0.15, 0.2) is 5.82 Å². The third-order valence-corrected chi connectivity index (χ3v) is 7.94. The molecule has 1 aromatic carbocycles. The van der Waals surface area contributed by atoms with Gasteiger partial charge in [-0.15, -0.1) is 21.5 Å². The van der Waals surface area contributed by atoms with Gasteiger partial charge in [0.2, 0.25) is 5.89 Å². The van der Waals surface area contributed by atoms with E-state index in [0.29, 0.717) is 16.9 Å². The summed E-state index contributed by atoms with van der Waals surface area (Å²) in [6.45, 7) is 2.12. The Balaban J connectivity index is 1.54. The van der Waals surface area contributed by atoms with E-state index < -0.39 is 0 Å². The average molecular weight is 478 g/mol. The largest absolute Gasteiger partial charge is 0.414 e. The van der Waals surface area contributed by atoms with Gasteiger partial charge in [0.1, 0.15) is 9.86 Å². The Bertz CT molecular complexity index is 1280. The van der Waals surface area contributed by atoms with Gasteiger partial charge < -0.3 is 4.42 Å². The highest BCUT2D eigenvalue weighted by Gasteiger charge is 2.24. The van der Waals surface area contributed by atoms with E-state index in [1.807, 2.05) is 38.4 Å². The zero-order chi connectivity index (χ0) is 22.8. The van der Waals surface area contributed by atoms with Crippen molar-refractivity contribution < 1.29 is 4.42 Å². The van der Waals surface area contributed by atoms with Crippen LogP contribution in [-0.4, -0.2) is 39.2 Å². The van der Waals surface area contributed by atoms with Crippen molar-refractivity contribution in [3.63, 3.8) is 0 Å². The van der Waals surface area contributed by atoms with Crippen molar-refractivity contribution in [2.75, 3.05) is 14.1 Å². The quantitative estimate of drug-likeness (QED) is 0.290. The minimum absolute atomic E-state index is 0.107. The molecule has 170 valence electrons. The second-order valence-corrected chi connectivity index (χ2v) is 10.4. The first kappa shape index (κ1) is 22.3. The standard InChI is InChI=1S/C25H27N5OS2/c1-4-18(30(2)3)22-28-29-25(31-22)33-24-21-17-12-8-9-13-19(17)32-23(21)26-20(27-24)15-14-16-10-6-5-7-11-16/h5-7,10-11,14-15,18H,4,8-9,12-13H2,1-3H3/b15-14+. The fraction of sp³-hybridized carbons (Fsp3) is 0.360. The van der Waals surface area contributed by atoms with Crippen LogP contribution in [0.1, 0.15) is 59.9 Å². The van der Waals surface area contributed by atoms with E-state index in [1.165, 1.54) is 35.0 Å². The molecule has 5 rings (SSSR count). The Morgan fingerprint density at radius 1 is 1.09 bits per heavy atom. The van der Waals surface area contributed by atoms with Crippen molar-refractivity contribution in [1.82, 2.24) is 25.1 Å². The van der Waals surface area contributed by atoms with E-state index in [-0.39, 0.29) is 6.04 Å². The molecular formula is C25H27N5OS2. The maximum absolute atomic E-state index is 6.06. The lowest BCUT2D eigenvalue weighted by molar-refractivity contribution is 0.233. The fourth-order valence-corrected chi connectivity index (χ4v) is 6.43. The maximum atomic E-state index is 6.06. The molecule has 3 heterocycles. The molecule has 1 atom stereocenters. The molecule has 4 aromatic rings. The van der Waals surface area contributed by atoms with E-state index in [4.69, 9.17) is 14.4 Å². The van der Waals surface area contributed by atoms with Crippen molar-refractivity contribution >= 4 is 45.5 Å². The number of rotatable bonds is 7. The number of hydrogen-bond donors (Lipinski definition) is 0. The van der Waals surface area contributed by atoms with Crippen molar-refractivity contribution in [1.29, 1.82) is 0 Å². The van der Waals surface area contributed by atoms with Crippen molar-refractivity contribution in [3.8, 4) is 0 Å². The van der Waals surface area contributed by atoms with Gasteiger partial charge in [0.05, 0.1) is 6.04 Å². The summed E-state index contributed by atoms with van der Waals surface area (Å²) in [4.78, 5) is 14.4. The number of aromatic nitrogens is 4. The summed E-state index contributed by atoms with van der Waals surface area (Å²) in [6.07, 6.45) is 9.60. The van der Waals surface area contributed by atoms with Gasteiger partial charge in [-0.1, -0.05) is 43.3 Å². The molecule has 0 bridgehead atoms. The van der Waals surface area contributed by atoms with E-state index in [2.05, 4.69) is 40.2 Å². The molecule has 0 spiro atoms. The molecule has 8 heteroatoms. The first-order chi connectivity index (χ1) is 16.1. The molecular weight excluding hydrogens is 450 g/mol. The number of nitrogens with zero attached hydrogens (tertiary/aromatic N) is 5. The third-order valence-electron chi connectivity index (χ3n) is 5.92. The summed E-state index contributed by atoms with van der Waals surface area (Å²) in [5.41, 5.74) is 2.53. The average Bonchev–Trinajstić information content (AvgIpc) is 3.43. The molecule has 0 N–H and O–H groups in total. The topological polar surface area (TPSA) is 67.9 Å². The molecule has 1 aliphatic rings. The molecule has 0 aliphatic heterocycles. The monoisotopic (exact) mass is 477 g/mol. The lowest BCUT2D eigenvalue weighted by atomic mass is 9.97. The van der Waals surface area contributed by atoms with Gasteiger partial charge in [0.25, 0.3) is 5.22 Å². The van der Waals surface area contributed by atoms with Crippen LogP contribution in [0.25, 0.3) is 22.4 Å². The summed E-state index contributed by atoms with van der Waals surface area (Å²) < 4.78 is 6.06. The highest BCUT2D eigenvalue weighted by Crippen LogP contribution is 2.41. The molecule has 0 saturated heterocycles. The zero-order valence-corrected chi connectivity index (χ0v) is 20.7. The first-order valence-corrected chi connectivity index (χ1v) is 13.0. The first-order valence-electron chi connectivity index (χ1n) is 11.4. The van der Waals surface area contributed by atoms with Gasteiger partial charge in [0, 0.05) is 10.3 Å². The van der Waals surface area contributed by atoms with Gasteiger partial charge in [-0.3, -0.25) is 4.90 Å². The Hall–Kier alpha value is -2.55. The highest BCUT2D eigenvalue weighted by molar-refractivity contribution is 7.99. The van der Waals surface area contributed by atoms with Crippen LogP contribution < -0.4 is 0 Å². The van der Waals surface area contributed by atoms with Crippen LogP contribution in [0.4, 0.5) is 0 Å². The van der Waals surface area contributed by atoms with E-state index in [1.54, 1.807) is 11.3 Å². The molecule has 0 fully saturated rings. The van der Waals surface area contributed by atoms with E-state index in [0.717, 1.165) is 40.1 Å². The van der Waals surface area contributed by atoms with Gasteiger partial charge >= 0.3 is 0 Å². The maximum Gasteiger partial charge on any atom is 0.283 e. The van der Waals surface area contributed by atoms with Crippen molar-refractivity contribution in [2.24, 2.45) is 0 Å². The predicted octanol–water partition coefficient (Wildman–Crippen LogP) is 6.29. The summed E-state index contributed by atoms with van der Waals surface area (Å²) in [5, 5.41) is 11.3. The van der Waals surface area contributed by atoms with Gasteiger partial charge in [-0.2, -0.15) is 0 Å². The van der Waals surface area contributed by atoms with Crippen molar-refractivity contribution in [3.05, 3.63) is 58.1 Å². The van der Waals surface area contributed by atoms with E-state index in [9.17, 15) is 0 Å². The molecule has 0 saturated carbocycles. The van der Waals surface area contributed by atoms with Gasteiger partial charge in [-0.25, -0.2) is 9.97 Å². The van der Waals surface area contributed by atoms with Crippen LogP contribution in [0.2, 0.25) is 0 Å². The minimum Gasteiger partial charge on any atom is -0.414 e. The second-order valence-electron chi connectivity index (χ2n) is 8.42. The minimum atomic E-state index is 0.107. The van der Waals surface area contributed by atoms with Crippen LogP contribution in [0.15, 0.2) is 45.0 Å².